The van der Waals surface area contributed by atoms with E-state index >= 15 is 0 Å². The van der Waals surface area contributed by atoms with Gasteiger partial charge in [-0.1, -0.05) is 13.0 Å². The molecule has 5 nitrogen and oxygen atoms in total. The molecule has 1 N–H and O–H groups in total. The van der Waals surface area contributed by atoms with Gasteiger partial charge in [0.05, 0.1) is 35.9 Å². The Bertz CT molecular complexity index is 934. The van der Waals surface area contributed by atoms with Crippen LogP contribution in [0.3, 0.4) is 0 Å². The SMILES string of the molecule is CCCOC(=O)c1ccc2nc(-c3ccc(C)c(S)c3OC)[nH]c2c1. The van der Waals surface area contributed by atoms with E-state index in [2.05, 4.69) is 22.6 Å². The molecule has 0 atom stereocenters. The molecule has 0 amide bonds. The quantitative estimate of drug-likeness (QED) is 0.525. The summed E-state index contributed by atoms with van der Waals surface area (Å²) >= 11 is 4.52. The van der Waals surface area contributed by atoms with Crippen molar-refractivity contribution < 1.29 is 14.3 Å². The van der Waals surface area contributed by atoms with Crippen LogP contribution in [-0.4, -0.2) is 29.7 Å². The highest BCUT2D eigenvalue weighted by atomic mass is 32.1. The van der Waals surface area contributed by atoms with Crippen molar-refractivity contribution in [1.82, 2.24) is 9.97 Å². The molecule has 0 aliphatic heterocycles. The fourth-order valence-corrected chi connectivity index (χ4v) is 2.89. The highest BCUT2D eigenvalue weighted by molar-refractivity contribution is 7.80. The van der Waals surface area contributed by atoms with Gasteiger partial charge in [-0.25, -0.2) is 9.78 Å². The summed E-state index contributed by atoms with van der Waals surface area (Å²) < 4.78 is 10.7. The topological polar surface area (TPSA) is 64.2 Å². The first-order chi connectivity index (χ1) is 12.0. The molecule has 3 rings (SSSR count). The summed E-state index contributed by atoms with van der Waals surface area (Å²) in [6.45, 7) is 4.35. The average Bonchev–Trinajstić information content (AvgIpc) is 3.04. The Hall–Kier alpha value is -2.47. The van der Waals surface area contributed by atoms with E-state index in [-0.39, 0.29) is 5.97 Å². The van der Waals surface area contributed by atoms with Crippen molar-refractivity contribution >= 4 is 29.6 Å². The minimum Gasteiger partial charge on any atom is -0.495 e. The van der Waals surface area contributed by atoms with Gasteiger partial charge in [0.25, 0.3) is 0 Å². The zero-order valence-electron chi connectivity index (χ0n) is 14.4. The van der Waals surface area contributed by atoms with Gasteiger partial charge in [-0.3, -0.25) is 0 Å². The van der Waals surface area contributed by atoms with Crippen LogP contribution in [0.4, 0.5) is 0 Å². The van der Waals surface area contributed by atoms with E-state index < -0.39 is 0 Å². The monoisotopic (exact) mass is 356 g/mol. The molecule has 3 aromatic rings. The smallest absolute Gasteiger partial charge is 0.338 e. The highest BCUT2D eigenvalue weighted by Crippen LogP contribution is 2.36. The van der Waals surface area contributed by atoms with Crippen LogP contribution < -0.4 is 4.74 Å². The molecule has 2 aromatic carbocycles. The molecule has 25 heavy (non-hydrogen) atoms. The van der Waals surface area contributed by atoms with Crippen molar-refractivity contribution in [3.05, 3.63) is 41.5 Å². The zero-order chi connectivity index (χ0) is 18.0. The van der Waals surface area contributed by atoms with Gasteiger partial charge in [0.1, 0.15) is 11.6 Å². The number of carbonyl (C=O) groups excluding carboxylic acids is 1. The number of benzene rings is 2. The Morgan fingerprint density at radius 3 is 2.80 bits per heavy atom. The minimum atomic E-state index is -0.328. The number of aromatic amines is 1. The maximum Gasteiger partial charge on any atom is 0.338 e. The van der Waals surface area contributed by atoms with Crippen LogP contribution >= 0.6 is 12.6 Å². The maximum absolute atomic E-state index is 12.0. The lowest BCUT2D eigenvalue weighted by atomic mass is 10.1. The number of H-pyrrole nitrogens is 1. The maximum atomic E-state index is 12.0. The summed E-state index contributed by atoms with van der Waals surface area (Å²) in [4.78, 5) is 20.7. The van der Waals surface area contributed by atoms with E-state index in [1.807, 2.05) is 26.0 Å². The molecule has 0 fully saturated rings. The summed E-state index contributed by atoms with van der Waals surface area (Å²) in [5.74, 6) is 1.01. The Kier molecular flexibility index (Phi) is 4.99. The van der Waals surface area contributed by atoms with E-state index in [1.165, 1.54) is 0 Å². The van der Waals surface area contributed by atoms with Gasteiger partial charge >= 0.3 is 5.97 Å². The Labute approximate surface area is 151 Å². The summed E-state index contributed by atoms with van der Waals surface area (Å²) in [6, 6.07) is 9.20. The number of hydrogen-bond donors (Lipinski definition) is 2. The molecular formula is C19H20N2O3S. The molecule has 0 aliphatic rings. The van der Waals surface area contributed by atoms with Gasteiger partial charge in [0, 0.05) is 4.90 Å². The van der Waals surface area contributed by atoms with Crippen LogP contribution in [-0.2, 0) is 4.74 Å². The number of methoxy groups -OCH3 is 1. The van der Waals surface area contributed by atoms with E-state index in [0.717, 1.165) is 33.5 Å². The molecule has 130 valence electrons. The summed E-state index contributed by atoms with van der Waals surface area (Å²) in [7, 11) is 1.61. The molecule has 0 spiro atoms. The first-order valence-corrected chi connectivity index (χ1v) is 8.53. The van der Waals surface area contributed by atoms with Crippen molar-refractivity contribution in [3.8, 4) is 17.1 Å². The number of aromatic nitrogens is 2. The lowest BCUT2D eigenvalue weighted by Crippen LogP contribution is -2.05. The van der Waals surface area contributed by atoms with Gasteiger partial charge in [-0.15, -0.1) is 12.6 Å². The molecule has 0 saturated carbocycles. The number of aryl methyl sites for hydroxylation is 1. The first-order valence-electron chi connectivity index (χ1n) is 8.09. The number of imidazole rings is 1. The zero-order valence-corrected chi connectivity index (χ0v) is 15.3. The van der Waals surface area contributed by atoms with Crippen LogP contribution in [0.2, 0.25) is 0 Å². The second-order valence-corrected chi connectivity index (χ2v) is 6.21. The summed E-state index contributed by atoms with van der Waals surface area (Å²) in [6.07, 6.45) is 0.793. The van der Waals surface area contributed by atoms with Gasteiger partial charge in [-0.2, -0.15) is 0 Å². The second kappa shape index (κ2) is 7.19. The third-order valence-electron chi connectivity index (χ3n) is 3.95. The van der Waals surface area contributed by atoms with Crippen LogP contribution in [0.1, 0.15) is 29.3 Å². The molecular weight excluding hydrogens is 336 g/mol. The molecule has 1 aromatic heterocycles. The van der Waals surface area contributed by atoms with Gasteiger partial charge in [0.2, 0.25) is 0 Å². The average molecular weight is 356 g/mol. The third kappa shape index (κ3) is 3.35. The number of hydrogen-bond acceptors (Lipinski definition) is 5. The number of nitrogens with zero attached hydrogens (tertiary/aromatic N) is 1. The number of fused-ring (bicyclic) bond motifs is 1. The number of thiol groups is 1. The van der Waals surface area contributed by atoms with E-state index in [9.17, 15) is 4.79 Å². The molecule has 6 heteroatoms. The molecule has 1 heterocycles. The minimum absolute atomic E-state index is 0.328. The number of carbonyl (C=O) groups is 1. The van der Waals surface area contributed by atoms with Crippen molar-refractivity contribution in [2.24, 2.45) is 0 Å². The number of ether oxygens (including phenoxy) is 2. The molecule has 0 unspecified atom stereocenters. The summed E-state index contributed by atoms with van der Waals surface area (Å²) in [5.41, 5.74) is 3.89. The highest BCUT2D eigenvalue weighted by Gasteiger charge is 2.16. The normalized spacial score (nSPS) is 10.9. The number of rotatable bonds is 5. The second-order valence-electron chi connectivity index (χ2n) is 5.77. The first kappa shape index (κ1) is 17.4. The van der Waals surface area contributed by atoms with Gasteiger partial charge in [-0.05, 0) is 43.2 Å². The predicted molar refractivity (Wildman–Crippen MR) is 101 cm³/mol. The van der Waals surface area contributed by atoms with E-state index in [0.29, 0.717) is 23.7 Å². The standard InChI is InChI=1S/C19H20N2O3S/c1-4-9-24-19(22)12-6-8-14-15(10-12)21-18(20-14)13-7-5-11(2)17(25)16(13)23-3/h5-8,10,25H,4,9H2,1-3H3,(H,20,21). The largest absolute Gasteiger partial charge is 0.495 e. The predicted octanol–water partition coefficient (Wildman–Crippen LogP) is 4.40. The van der Waals surface area contributed by atoms with Crippen molar-refractivity contribution in [3.63, 3.8) is 0 Å². The van der Waals surface area contributed by atoms with Crippen LogP contribution in [0.15, 0.2) is 35.2 Å². The lowest BCUT2D eigenvalue weighted by Gasteiger charge is -2.10. The fraction of sp³-hybridized carbons (Fsp3) is 0.263. The molecule has 0 bridgehead atoms. The van der Waals surface area contributed by atoms with E-state index in [1.54, 1.807) is 25.3 Å². The lowest BCUT2D eigenvalue weighted by molar-refractivity contribution is 0.0505. The van der Waals surface area contributed by atoms with Crippen molar-refractivity contribution in [2.75, 3.05) is 13.7 Å². The van der Waals surface area contributed by atoms with E-state index in [4.69, 9.17) is 9.47 Å². The Morgan fingerprint density at radius 1 is 1.28 bits per heavy atom. The van der Waals surface area contributed by atoms with Crippen LogP contribution in [0.5, 0.6) is 5.75 Å². The van der Waals surface area contributed by atoms with Crippen molar-refractivity contribution in [1.29, 1.82) is 0 Å². The number of nitrogens with one attached hydrogen (secondary N) is 1. The Morgan fingerprint density at radius 2 is 2.08 bits per heavy atom. The van der Waals surface area contributed by atoms with Crippen molar-refractivity contribution in [2.45, 2.75) is 25.2 Å². The van der Waals surface area contributed by atoms with Crippen LogP contribution in [0.25, 0.3) is 22.4 Å². The fourth-order valence-electron chi connectivity index (χ4n) is 2.60. The summed E-state index contributed by atoms with van der Waals surface area (Å²) in [5, 5.41) is 0. The van der Waals surface area contributed by atoms with Gasteiger partial charge < -0.3 is 14.5 Å². The van der Waals surface area contributed by atoms with Crippen LogP contribution in [0, 0.1) is 6.92 Å². The molecule has 0 radical (unpaired) electrons. The Balaban J connectivity index is 2.02. The molecule has 0 saturated heterocycles. The van der Waals surface area contributed by atoms with Gasteiger partial charge in [0.15, 0.2) is 0 Å². The molecule has 0 aliphatic carbocycles. The number of esters is 1. The third-order valence-corrected chi connectivity index (χ3v) is 4.50.